The topological polar surface area (TPSA) is 116 Å². The van der Waals surface area contributed by atoms with Gasteiger partial charge in [-0.3, -0.25) is 4.79 Å². The minimum atomic E-state index is -0.599. The second kappa shape index (κ2) is 6.57. The molecule has 1 saturated carbocycles. The minimum absolute atomic E-state index is 0.0369. The summed E-state index contributed by atoms with van der Waals surface area (Å²) in [4.78, 5) is 14.4. The lowest BCUT2D eigenvalue weighted by molar-refractivity contribution is 0.111. The van der Waals surface area contributed by atoms with E-state index in [1.165, 1.54) is 12.8 Å². The summed E-state index contributed by atoms with van der Waals surface area (Å²) >= 11 is 0. The van der Waals surface area contributed by atoms with Crippen LogP contribution in [-0.4, -0.2) is 11.6 Å². The molecule has 0 radical (unpaired) electrons. The molecule has 0 amide bonds. The molecule has 0 saturated heterocycles. The van der Waals surface area contributed by atoms with E-state index in [9.17, 15) is 15.3 Å². The Morgan fingerprint density at radius 1 is 1.21 bits per heavy atom. The standard InChI is InChI=1S/C18H16N4O2/c19-7-14-16(15(8-20)18(23)22-17(14)21)13-4-2-1-3-12(13)10-24-9-11-5-6-11/h1-4,11H,5-6,9-10H2,(H3,21,22,23). The van der Waals surface area contributed by atoms with Crippen molar-refractivity contribution in [3.63, 3.8) is 0 Å². The van der Waals surface area contributed by atoms with Crippen LogP contribution in [0.3, 0.4) is 0 Å². The molecule has 3 N–H and O–H groups in total. The van der Waals surface area contributed by atoms with Crippen molar-refractivity contribution in [3.8, 4) is 23.3 Å². The monoisotopic (exact) mass is 320 g/mol. The number of rotatable bonds is 5. The van der Waals surface area contributed by atoms with Gasteiger partial charge in [0.05, 0.1) is 6.61 Å². The Hall–Kier alpha value is -3.09. The summed E-state index contributed by atoms with van der Waals surface area (Å²) < 4.78 is 5.73. The van der Waals surface area contributed by atoms with Crippen molar-refractivity contribution in [3.05, 3.63) is 51.3 Å². The SMILES string of the molecule is N#Cc1c(N)[nH]c(=O)c(C#N)c1-c1ccccc1COCC1CC1. The number of anilines is 1. The summed E-state index contributed by atoms with van der Waals surface area (Å²) in [7, 11) is 0. The van der Waals surface area contributed by atoms with Crippen LogP contribution in [0.15, 0.2) is 29.1 Å². The number of nitrogens with one attached hydrogen (secondary N) is 1. The van der Waals surface area contributed by atoms with E-state index in [0.29, 0.717) is 24.7 Å². The first-order chi connectivity index (χ1) is 11.7. The maximum absolute atomic E-state index is 12.1. The van der Waals surface area contributed by atoms with Crippen molar-refractivity contribution >= 4 is 5.82 Å². The lowest BCUT2D eigenvalue weighted by Gasteiger charge is -2.13. The summed E-state index contributed by atoms with van der Waals surface area (Å²) in [6, 6.07) is 11.2. The van der Waals surface area contributed by atoms with Crippen LogP contribution in [0.5, 0.6) is 0 Å². The van der Waals surface area contributed by atoms with Crippen LogP contribution in [0.2, 0.25) is 0 Å². The predicted molar refractivity (Wildman–Crippen MR) is 88.7 cm³/mol. The number of nitriles is 2. The molecule has 3 rings (SSSR count). The third-order valence-corrected chi connectivity index (χ3v) is 4.06. The van der Waals surface area contributed by atoms with Gasteiger partial charge in [-0.2, -0.15) is 10.5 Å². The lowest BCUT2D eigenvalue weighted by atomic mass is 9.93. The Bertz CT molecular complexity index is 914. The second-order valence-corrected chi connectivity index (χ2v) is 5.83. The maximum Gasteiger partial charge on any atom is 0.268 e. The fraction of sp³-hybridized carbons (Fsp3) is 0.278. The van der Waals surface area contributed by atoms with Gasteiger partial charge in [-0.05, 0) is 29.9 Å². The molecular weight excluding hydrogens is 304 g/mol. The van der Waals surface area contributed by atoms with Gasteiger partial charge >= 0.3 is 0 Å². The molecule has 1 aliphatic carbocycles. The van der Waals surface area contributed by atoms with E-state index >= 15 is 0 Å². The van der Waals surface area contributed by atoms with E-state index in [2.05, 4.69) is 4.98 Å². The first-order valence-electron chi connectivity index (χ1n) is 7.67. The number of aromatic amines is 1. The minimum Gasteiger partial charge on any atom is -0.384 e. The Morgan fingerprint density at radius 2 is 1.92 bits per heavy atom. The lowest BCUT2D eigenvalue weighted by Crippen LogP contribution is -2.16. The van der Waals surface area contributed by atoms with E-state index in [1.807, 2.05) is 24.3 Å². The van der Waals surface area contributed by atoms with Crippen LogP contribution in [-0.2, 0) is 11.3 Å². The summed E-state index contributed by atoms with van der Waals surface area (Å²) in [5.74, 6) is 0.599. The van der Waals surface area contributed by atoms with E-state index in [-0.39, 0.29) is 22.5 Å². The van der Waals surface area contributed by atoms with Crippen LogP contribution in [0.1, 0.15) is 29.5 Å². The van der Waals surface area contributed by atoms with Crippen LogP contribution >= 0.6 is 0 Å². The molecule has 2 aromatic rings. The third kappa shape index (κ3) is 3.01. The molecular formula is C18H16N4O2. The van der Waals surface area contributed by atoms with E-state index in [1.54, 1.807) is 12.1 Å². The van der Waals surface area contributed by atoms with Gasteiger partial charge in [0.15, 0.2) is 0 Å². The maximum atomic E-state index is 12.1. The molecule has 1 aromatic heterocycles. The predicted octanol–water partition coefficient (Wildman–Crippen LogP) is 2.29. The van der Waals surface area contributed by atoms with Gasteiger partial charge in [0.25, 0.3) is 5.56 Å². The highest BCUT2D eigenvalue weighted by Gasteiger charge is 2.22. The number of nitrogen functional groups attached to an aromatic ring is 1. The van der Waals surface area contributed by atoms with E-state index < -0.39 is 5.56 Å². The summed E-state index contributed by atoms with van der Waals surface area (Å²) in [5.41, 5.74) is 6.87. The fourth-order valence-corrected chi connectivity index (χ4v) is 2.62. The quantitative estimate of drug-likeness (QED) is 0.877. The summed E-state index contributed by atoms with van der Waals surface area (Å²) in [5, 5.41) is 18.8. The van der Waals surface area contributed by atoms with Crippen molar-refractivity contribution in [2.75, 3.05) is 12.3 Å². The Morgan fingerprint density at radius 3 is 2.58 bits per heavy atom. The molecule has 0 aliphatic heterocycles. The van der Waals surface area contributed by atoms with E-state index in [0.717, 1.165) is 5.56 Å². The Balaban J connectivity index is 2.10. The van der Waals surface area contributed by atoms with Crippen molar-refractivity contribution in [2.45, 2.75) is 19.4 Å². The zero-order valence-electron chi connectivity index (χ0n) is 13.0. The molecule has 0 unspecified atom stereocenters. The van der Waals surface area contributed by atoms with Gasteiger partial charge in [0.2, 0.25) is 0 Å². The van der Waals surface area contributed by atoms with Crippen molar-refractivity contribution in [1.29, 1.82) is 10.5 Å². The summed E-state index contributed by atoms with van der Waals surface area (Å²) in [6.07, 6.45) is 2.40. The molecule has 1 aromatic carbocycles. The van der Waals surface area contributed by atoms with Crippen molar-refractivity contribution < 1.29 is 4.74 Å². The van der Waals surface area contributed by atoms with Gasteiger partial charge in [0, 0.05) is 12.2 Å². The smallest absolute Gasteiger partial charge is 0.268 e. The molecule has 0 bridgehead atoms. The molecule has 120 valence electrons. The highest BCUT2D eigenvalue weighted by Crippen LogP contribution is 2.32. The number of nitrogens with zero attached hydrogens (tertiary/aromatic N) is 2. The zero-order valence-corrected chi connectivity index (χ0v) is 13.0. The Kier molecular flexibility index (Phi) is 4.33. The fourth-order valence-electron chi connectivity index (χ4n) is 2.62. The van der Waals surface area contributed by atoms with Crippen LogP contribution in [0, 0.1) is 28.6 Å². The number of pyridine rings is 1. The first kappa shape index (κ1) is 15.8. The van der Waals surface area contributed by atoms with Gasteiger partial charge in [-0.1, -0.05) is 24.3 Å². The third-order valence-electron chi connectivity index (χ3n) is 4.06. The molecule has 6 heteroatoms. The normalized spacial score (nSPS) is 13.2. The van der Waals surface area contributed by atoms with Gasteiger partial charge in [-0.15, -0.1) is 0 Å². The van der Waals surface area contributed by atoms with Crippen LogP contribution in [0.4, 0.5) is 5.82 Å². The van der Waals surface area contributed by atoms with Crippen LogP contribution < -0.4 is 11.3 Å². The molecule has 1 heterocycles. The number of H-pyrrole nitrogens is 1. The molecule has 1 fully saturated rings. The van der Waals surface area contributed by atoms with Crippen LogP contribution in [0.25, 0.3) is 11.1 Å². The number of nitrogens with two attached hydrogens (primary N) is 1. The number of ether oxygens (including phenoxy) is 1. The van der Waals surface area contributed by atoms with Crippen molar-refractivity contribution in [1.82, 2.24) is 4.98 Å². The molecule has 0 spiro atoms. The highest BCUT2D eigenvalue weighted by atomic mass is 16.5. The molecule has 24 heavy (non-hydrogen) atoms. The first-order valence-corrected chi connectivity index (χ1v) is 7.67. The number of benzene rings is 1. The number of hydrogen-bond acceptors (Lipinski definition) is 5. The summed E-state index contributed by atoms with van der Waals surface area (Å²) in [6.45, 7) is 1.05. The largest absolute Gasteiger partial charge is 0.384 e. The molecule has 0 atom stereocenters. The number of hydrogen-bond donors (Lipinski definition) is 2. The highest BCUT2D eigenvalue weighted by molar-refractivity contribution is 5.81. The molecule has 1 aliphatic rings. The van der Waals surface area contributed by atoms with Gasteiger partial charge < -0.3 is 15.5 Å². The molecule has 6 nitrogen and oxygen atoms in total. The van der Waals surface area contributed by atoms with Gasteiger partial charge in [-0.25, -0.2) is 0 Å². The van der Waals surface area contributed by atoms with Crippen molar-refractivity contribution in [2.24, 2.45) is 5.92 Å². The Labute approximate surface area is 139 Å². The van der Waals surface area contributed by atoms with Gasteiger partial charge in [0.1, 0.15) is 29.1 Å². The number of aromatic nitrogens is 1. The van der Waals surface area contributed by atoms with E-state index in [4.69, 9.17) is 10.5 Å². The average Bonchev–Trinajstić information content (AvgIpc) is 3.39. The second-order valence-electron chi connectivity index (χ2n) is 5.83. The zero-order chi connectivity index (χ0) is 17.1. The average molecular weight is 320 g/mol.